The second kappa shape index (κ2) is 7.56. The first-order chi connectivity index (χ1) is 11.6. The van der Waals surface area contributed by atoms with Crippen molar-refractivity contribution in [2.45, 2.75) is 51.6 Å². The van der Waals surface area contributed by atoms with Gasteiger partial charge < -0.3 is 10.2 Å². The fraction of sp³-hybridized carbons (Fsp3) is 0.579. The Morgan fingerprint density at radius 3 is 2.67 bits per heavy atom. The van der Waals surface area contributed by atoms with Crippen LogP contribution in [0.15, 0.2) is 24.3 Å². The van der Waals surface area contributed by atoms with Crippen LogP contribution in [0, 0.1) is 11.8 Å². The van der Waals surface area contributed by atoms with E-state index in [0.717, 1.165) is 31.4 Å². The molecule has 3 unspecified atom stereocenters. The second-order valence-corrected chi connectivity index (χ2v) is 7.32. The SMILES string of the molecule is CCC1CCCCN1C(=O)C1CC1C(=O)NCc1ccc(Cl)cc1. The molecule has 2 amide bonds. The number of nitrogens with one attached hydrogen (secondary N) is 1. The third kappa shape index (κ3) is 3.92. The van der Waals surface area contributed by atoms with E-state index in [0.29, 0.717) is 24.0 Å². The highest BCUT2D eigenvalue weighted by atomic mass is 35.5. The van der Waals surface area contributed by atoms with Crippen LogP contribution in [0.5, 0.6) is 0 Å². The lowest BCUT2D eigenvalue weighted by atomic mass is 9.99. The van der Waals surface area contributed by atoms with Crippen LogP contribution in [0.4, 0.5) is 0 Å². The predicted molar refractivity (Wildman–Crippen MR) is 94.5 cm³/mol. The monoisotopic (exact) mass is 348 g/mol. The maximum absolute atomic E-state index is 12.7. The van der Waals surface area contributed by atoms with Gasteiger partial charge in [-0.05, 0) is 49.8 Å². The zero-order chi connectivity index (χ0) is 17.1. The zero-order valence-corrected chi connectivity index (χ0v) is 14.9. The quantitative estimate of drug-likeness (QED) is 0.886. The Hall–Kier alpha value is -1.55. The lowest BCUT2D eigenvalue weighted by Crippen LogP contribution is -2.44. The molecule has 2 fully saturated rings. The molecule has 2 aliphatic rings. The average Bonchev–Trinajstić information content (AvgIpc) is 3.41. The molecule has 1 aliphatic heterocycles. The van der Waals surface area contributed by atoms with Gasteiger partial charge in [0, 0.05) is 24.2 Å². The fourth-order valence-electron chi connectivity index (χ4n) is 3.61. The van der Waals surface area contributed by atoms with Crippen LogP contribution < -0.4 is 5.32 Å². The van der Waals surface area contributed by atoms with Crippen molar-refractivity contribution in [3.63, 3.8) is 0 Å². The standard InChI is InChI=1S/C19H25ClN2O2/c1-2-15-5-3-4-10-22(15)19(24)17-11-16(17)18(23)21-12-13-6-8-14(20)9-7-13/h6-9,15-17H,2-5,10-12H2,1H3,(H,21,23). The van der Waals surface area contributed by atoms with Crippen molar-refractivity contribution in [2.24, 2.45) is 11.8 Å². The number of rotatable bonds is 5. The molecular weight excluding hydrogens is 324 g/mol. The van der Waals surface area contributed by atoms with Gasteiger partial charge in [-0.2, -0.15) is 0 Å². The molecule has 1 saturated heterocycles. The maximum atomic E-state index is 12.7. The number of piperidine rings is 1. The summed E-state index contributed by atoms with van der Waals surface area (Å²) in [4.78, 5) is 27.0. The molecule has 0 spiro atoms. The van der Waals surface area contributed by atoms with E-state index in [4.69, 9.17) is 11.6 Å². The van der Waals surface area contributed by atoms with Gasteiger partial charge in [0.05, 0.1) is 11.8 Å². The first kappa shape index (κ1) is 17.3. The van der Waals surface area contributed by atoms with Crippen LogP contribution in [0.3, 0.4) is 0 Å². The molecule has 24 heavy (non-hydrogen) atoms. The van der Waals surface area contributed by atoms with Crippen LogP contribution in [-0.4, -0.2) is 29.3 Å². The molecule has 130 valence electrons. The number of likely N-dealkylation sites (tertiary alicyclic amines) is 1. The highest BCUT2D eigenvalue weighted by Gasteiger charge is 2.50. The largest absolute Gasteiger partial charge is 0.352 e. The Balaban J connectivity index is 1.49. The maximum Gasteiger partial charge on any atom is 0.226 e. The number of halogens is 1. The summed E-state index contributed by atoms with van der Waals surface area (Å²) in [5, 5.41) is 3.63. The molecule has 3 rings (SSSR count). The molecule has 1 aliphatic carbocycles. The average molecular weight is 349 g/mol. The highest BCUT2D eigenvalue weighted by molar-refractivity contribution is 6.30. The Labute approximate surface area is 148 Å². The molecule has 1 aromatic carbocycles. The Morgan fingerprint density at radius 2 is 1.96 bits per heavy atom. The summed E-state index contributed by atoms with van der Waals surface area (Å²) in [6, 6.07) is 7.79. The molecule has 1 aromatic rings. The van der Waals surface area contributed by atoms with Gasteiger partial charge in [0.1, 0.15) is 0 Å². The van der Waals surface area contributed by atoms with E-state index in [9.17, 15) is 9.59 Å². The van der Waals surface area contributed by atoms with Crippen molar-refractivity contribution in [1.82, 2.24) is 10.2 Å². The van der Waals surface area contributed by atoms with Crippen molar-refractivity contribution >= 4 is 23.4 Å². The van der Waals surface area contributed by atoms with Crippen LogP contribution in [0.1, 0.15) is 44.6 Å². The fourth-order valence-corrected chi connectivity index (χ4v) is 3.73. The molecule has 4 nitrogen and oxygen atoms in total. The summed E-state index contributed by atoms with van der Waals surface area (Å²) in [5.41, 5.74) is 1.01. The summed E-state index contributed by atoms with van der Waals surface area (Å²) < 4.78 is 0. The second-order valence-electron chi connectivity index (χ2n) is 6.88. The summed E-state index contributed by atoms with van der Waals surface area (Å²) in [5.74, 6) is -0.0758. The summed E-state index contributed by atoms with van der Waals surface area (Å²) in [6.07, 6.45) is 5.09. The topological polar surface area (TPSA) is 49.4 Å². The van der Waals surface area contributed by atoms with Crippen LogP contribution >= 0.6 is 11.6 Å². The van der Waals surface area contributed by atoms with E-state index in [1.54, 1.807) is 0 Å². The Bertz CT molecular complexity index is 602. The number of benzene rings is 1. The van der Waals surface area contributed by atoms with Crippen molar-refractivity contribution in [2.75, 3.05) is 6.54 Å². The summed E-state index contributed by atoms with van der Waals surface area (Å²) in [7, 11) is 0. The minimum atomic E-state index is -0.149. The van der Waals surface area contributed by atoms with Gasteiger partial charge in [0.2, 0.25) is 11.8 Å². The van der Waals surface area contributed by atoms with Gasteiger partial charge >= 0.3 is 0 Å². The van der Waals surface area contributed by atoms with E-state index in [1.165, 1.54) is 6.42 Å². The molecule has 0 radical (unpaired) electrons. The van der Waals surface area contributed by atoms with Gasteiger partial charge in [-0.25, -0.2) is 0 Å². The van der Waals surface area contributed by atoms with Gasteiger partial charge in [-0.3, -0.25) is 9.59 Å². The molecular formula is C19H25ClN2O2. The van der Waals surface area contributed by atoms with E-state index in [-0.39, 0.29) is 23.7 Å². The smallest absolute Gasteiger partial charge is 0.226 e. The lowest BCUT2D eigenvalue weighted by Gasteiger charge is -2.35. The number of nitrogens with zero attached hydrogens (tertiary/aromatic N) is 1. The van der Waals surface area contributed by atoms with Gasteiger partial charge in [-0.15, -0.1) is 0 Å². The van der Waals surface area contributed by atoms with Crippen LogP contribution in [0.25, 0.3) is 0 Å². The summed E-state index contributed by atoms with van der Waals surface area (Å²) >= 11 is 5.86. The third-order valence-corrected chi connectivity index (χ3v) is 5.46. The van der Waals surface area contributed by atoms with Crippen LogP contribution in [0.2, 0.25) is 5.02 Å². The number of carbonyl (C=O) groups is 2. The number of hydrogen-bond acceptors (Lipinski definition) is 2. The third-order valence-electron chi connectivity index (χ3n) is 5.21. The van der Waals surface area contributed by atoms with Crippen molar-refractivity contribution < 1.29 is 9.59 Å². The van der Waals surface area contributed by atoms with Crippen molar-refractivity contribution in [3.8, 4) is 0 Å². The first-order valence-electron chi connectivity index (χ1n) is 8.92. The molecule has 3 atom stereocenters. The molecule has 0 bridgehead atoms. The van der Waals surface area contributed by atoms with Crippen molar-refractivity contribution in [1.29, 1.82) is 0 Å². The Kier molecular flexibility index (Phi) is 5.44. The molecule has 5 heteroatoms. The van der Waals surface area contributed by atoms with Gasteiger partial charge in [-0.1, -0.05) is 30.7 Å². The van der Waals surface area contributed by atoms with E-state index in [2.05, 4.69) is 12.2 Å². The molecule has 0 aromatic heterocycles. The van der Waals surface area contributed by atoms with E-state index in [1.807, 2.05) is 29.2 Å². The lowest BCUT2D eigenvalue weighted by molar-refractivity contribution is -0.138. The minimum absolute atomic E-state index is 0.00615. The van der Waals surface area contributed by atoms with Gasteiger partial charge in [0.15, 0.2) is 0 Å². The normalized spacial score (nSPS) is 26.1. The van der Waals surface area contributed by atoms with Crippen LogP contribution in [-0.2, 0) is 16.1 Å². The summed E-state index contributed by atoms with van der Waals surface area (Å²) in [6.45, 7) is 3.47. The minimum Gasteiger partial charge on any atom is -0.352 e. The number of amides is 2. The van der Waals surface area contributed by atoms with E-state index >= 15 is 0 Å². The highest BCUT2D eigenvalue weighted by Crippen LogP contribution is 2.41. The van der Waals surface area contributed by atoms with E-state index < -0.39 is 0 Å². The molecule has 1 heterocycles. The molecule has 1 saturated carbocycles. The number of hydrogen-bond donors (Lipinski definition) is 1. The predicted octanol–water partition coefficient (Wildman–Crippen LogP) is 3.38. The number of carbonyl (C=O) groups excluding carboxylic acids is 2. The van der Waals surface area contributed by atoms with Gasteiger partial charge in [0.25, 0.3) is 0 Å². The molecule has 1 N–H and O–H groups in total. The zero-order valence-electron chi connectivity index (χ0n) is 14.1. The first-order valence-corrected chi connectivity index (χ1v) is 9.30. The van der Waals surface area contributed by atoms with Crippen molar-refractivity contribution in [3.05, 3.63) is 34.9 Å². The Morgan fingerprint density at radius 1 is 1.21 bits per heavy atom.